The van der Waals surface area contributed by atoms with Crippen molar-refractivity contribution in [3.8, 4) is 0 Å². The molecule has 0 bridgehead atoms. The predicted molar refractivity (Wildman–Crippen MR) is 127 cm³/mol. The Morgan fingerprint density at radius 2 is 1.13 bits per heavy atom. The molecule has 0 heterocycles. The van der Waals surface area contributed by atoms with Gasteiger partial charge in [-0.05, 0) is 44.4 Å². The first-order chi connectivity index (χ1) is 14.1. The van der Waals surface area contributed by atoms with Gasteiger partial charge in [-0.3, -0.25) is 0 Å². The topological polar surface area (TPSA) is 44.3 Å². The molecule has 0 saturated heterocycles. The number of hydrogen-bond acceptors (Lipinski definition) is 3. The van der Waals surface area contributed by atoms with Crippen LogP contribution in [0.1, 0.15) is 97.3 Å². The van der Waals surface area contributed by atoms with E-state index < -0.39 is 8.80 Å². The molecule has 2 N–H and O–H groups in total. The molecule has 0 spiro atoms. The summed E-state index contributed by atoms with van der Waals surface area (Å²) in [5.41, 5.74) is 0. The Morgan fingerprint density at radius 3 is 1.67 bits per heavy atom. The van der Waals surface area contributed by atoms with Crippen LogP contribution in [-0.2, 0) is 13.3 Å². The van der Waals surface area contributed by atoms with E-state index in [1.165, 1.54) is 83.6 Å². The number of rotatable bonds is 22. The van der Waals surface area contributed by atoms with Crippen LogP contribution in [0.5, 0.6) is 0 Å². The molecule has 0 rings (SSSR count). The Labute approximate surface area is 195 Å². The maximum Gasteiger partial charge on any atom is 0.500 e. The Kier molecular flexibility index (Phi) is 25.5. The molecule has 0 aromatic heterocycles. The van der Waals surface area contributed by atoms with E-state index in [0.717, 1.165) is 24.9 Å². The van der Waals surface area contributed by atoms with Crippen LogP contribution >= 0.6 is 0 Å². The molecule has 0 aliphatic rings. The molecule has 0 aromatic carbocycles. The van der Waals surface area contributed by atoms with E-state index in [9.17, 15) is 0 Å². The summed E-state index contributed by atoms with van der Waals surface area (Å²) in [4.78, 5) is 0. The van der Waals surface area contributed by atoms with Crippen molar-refractivity contribution in [2.45, 2.75) is 103 Å². The van der Waals surface area contributed by atoms with Crippen LogP contribution in [-0.4, -0.2) is 43.2 Å². The van der Waals surface area contributed by atoms with Gasteiger partial charge in [0.25, 0.3) is 0 Å². The third kappa shape index (κ3) is 20.0. The maximum absolute atomic E-state index is 5.45. The largest absolute Gasteiger partial charge is 1.00 e. The molecule has 0 radical (unpaired) electrons. The molecule has 182 valence electrons. The third-order valence-electron chi connectivity index (χ3n) is 5.67. The molecule has 30 heavy (non-hydrogen) atoms. The summed E-state index contributed by atoms with van der Waals surface area (Å²) in [5.74, 6) is 0.865. The zero-order chi connectivity index (χ0) is 21.6. The van der Waals surface area contributed by atoms with E-state index in [1.54, 1.807) is 21.3 Å². The van der Waals surface area contributed by atoms with E-state index in [0.29, 0.717) is 0 Å². The van der Waals surface area contributed by atoms with Gasteiger partial charge in [-0.25, -0.2) is 0 Å². The summed E-state index contributed by atoms with van der Waals surface area (Å²) in [6.07, 6.45) is 22.3. The quantitative estimate of drug-likeness (QED) is 0.152. The number of hydrogen-bond donors (Lipinski definition) is 1. The Hall–Kier alpha value is 0.0869. The molecule has 0 saturated carbocycles. The molecule has 0 aliphatic heterocycles. The zero-order valence-electron chi connectivity index (χ0n) is 20.7. The third-order valence-corrected chi connectivity index (χ3v) is 8.50. The number of unbranched alkanes of at least 4 members (excludes halogenated alkanes) is 9. The van der Waals surface area contributed by atoms with Gasteiger partial charge in [0, 0.05) is 33.8 Å². The minimum atomic E-state index is -2.36. The predicted octanol–water partition coefficient (Wildman–Crippen LogP) is 2.72. The molecule has 0 unspecified atom stereocenters. The molecular formula is C24H52ClNO3Si. The van der Waals surface area contributed by atoms with E-state index in [1.807, 2.05) is 0 Å². The highest BCUT2D eigenvalue weighted by molar-refractivity contribution is 6.60. The molecule has 0 fully saturated rings. The van der Waals surface area contributed by atoms with Crippen LogP contribution in [0, 0.1) is 5.92 Å². The smallest absolute Gasteiger partial charge is 0.500 e. The normalized spacial score (nSPS) is 12.1. The fourth-order valence-electron chi connectivity index (χ4n) is 3.65. The van der Waals surface area contributed by atoms with Crippen LogP contribution in [0.2, 0.25) is 6.04 Å². The summed E-state index contributed by atoms with van der Waals surface area (Å²) >= 11 is 0. The van der Waals surface area contributed by atoms with Gasteiger partial charge in [-0.2, -0.15) is 0 Å². The van der Waals surface area contributed by atoms with E-state index in [2.05, 4.69) is 31.3 Å². The van der Waals surface area contributed by atoms with Gasteiger partial charge in [0.1, 0.15) is 0 Å². The first-order valence-corrected chi connectivity index (χ1v) is 14.2. The fourth-order valence-corrected chi connectivity index (χ4v) is 5.40. The van der Waals surface area contributed by atoms with E-state index in [4.69, 9.17) is 13.3 Å². The highest BCUT2D eigenvalue weighted by Gasteiger charge is 2.37. The van der Waals surface area contributed by atoms with Crippen LogP contribution in [0.4, 0.5) is 0 Å². The Bertz CT molecular complexity index is 358. The van der Waals surface area contributed by atoms with Crippen molar-refractivity contribution in [1.82, 2.24) is 0 Å². The molecular weight excluding hydrogens is 414 g/mol. The molecule has 0 aromatic rings. The standard InChI is InChI=1S/C24H51NO3Si.ClH/c1-24(2)20-17-15-13-11-9-7-6-8-10-12-14-16-18-21-25-22-19-23-29(26-3,27-4)28-5;/h7,9,24-25H,6,8,10-23H2,1-5H3;1H/b9-7-;. The first kappa shape index (κ1) is 32.3. The van der Waals surface area contributed by atoms with Gasteiger partial charge < -0.3 is 31.0 Å². The lowest BCUT2D eigenvalue weighted by molar-refractivity contribution is -0.655. The SMILES string of the molecule is CO[Si](CCC[NH2+]CCCCCCCC/C=C\CCCCCC(C)C)(OC)OC.[Cl-]. The summed E-state index contributed by atoms with van der Waals surface area (Å²) in [6, 6.07) is 0.902. The average Bonchev–Trinajstić information content (AvgIpc) is 2.73. The first-order valence-electron chi connectivity index (χ1n) is 12.2. The second-order valence-electron chi connectivity index (χ2n) is 8.68. The van der Waals surface area contributed by atoms with Gasteiger partial charge in [-0.15, -0.1) is 0 Å². The van der Waals surface area contributed by atoms with Crippen molar-refractivity contribution in [2.75, 3.05) is 34.4 Å². The van der Waals surface area contributed by atoms with Gasteiger partial charge >= 0.3 is 8.80 Å². The van der Waals surface area contributed by atoms with Crippen LogP contribution in [0.15, 0.2) is 12.2 Å². The van der Waals surface area contributed by atoms with Crippen LogP contribution in [0.3, 0.4) is 0 Å². The molecule has 0 amide bonds. The number of allylic oxidation sites excluding steroid dienone is 2. The van der Waals surface area contributed by atoms with Crippen molar-refractivity contribution in [1.29, 1.82) is 0 Å². The Morgan fingerprint density at radius 1 is 0.667 bits per heavy atom. The summed E-state index contributed by atoms with van der Waals surface area (Å²) < 4.78 is 16.4. The molecule has 0 aliphatic carbocycles. The van der Waals surface area contributed by atoms with Gasteiger partial charge in [0.05, 0.1) is 13.1 Å². The fraction of sp³-hybridized carbons (Fsp3) is 0.917. The van der Waals surface area contributed by atoms with Crippen molar-refractivity contribution >= 4 is 8.80 Å². The van der Waals surface area contributed by atoms with Crippen LogP contribution < -0.4 is 17.7 Å². The lowest BCUT2D eigenvalue weighted by atomic mass is 10.0. The van der Waals surface area contributed by atoms with E-state index >= 15 is 0 Å². The van der Waals surface area contributed by atoms with Crippen molar-refractivity contribution < 1.29 is 31.0 Å². The maximum atomic E-state index is 5.45. The van der Waals surface area contributed by atoms with Crippen molar-refractivity contribution in [3.63, 3.8) is 0 Å². The minimum absolute atomic E-state index is 0. The molecule has 6 heteroatoms. The Balaban J connectivity index is 0. The van der Waals surface area contributed by atoms with Gasteiger partial charge in [-0.1, -0.05) is 64.5 Å². The summed E-state index contributed by atoms with van der Waals surface area (Å²) in [5, 5.41) is 2.42. The number of halogens is 1. The minimum Gasteiger partial charge on any atom is -1.00 e. The second-order valence-corrected chi connectivity index (χ2v) is 11.8. The highest BCUT2D eigenvalue weighted by Crippen LogP contribution is 2.14. The lowest BCUT2D eigenvalue weighted by Crippen LogP contribution is -3.00. The van der Waals surface area contributed by atoms with Crippen molar-refractivity contribution in [3.05, 3.63) is 12.2 Å². The second kappa shape index (κ2) is 23.7. The lowest BCUT2D eigenvalue weighted by Gasteiger charge is -2.23. The highest BCUT2D eigenvalue weighted by atomic mass is 35.5. The summed E-state index contributed by atoms with van der Waals surface area (Å²) in [7, 11) is 2.71. The number of quaternary nitrogens is 1. The van der Waals surface area contributed by atoms with Gasteiger partial charge in [0.2, 0.25) is 0 Å². The monoisotopic (exact) mass is 465 g/mol. The van der Waals surface area contributed by atoms with Crippen molar-refractivity contribution in [2.24, 2.45) is 5.92 Å². The zero-order valence-corrected chi connectivity index (χ0v) is 22.5. The van der Waals surface area contributed by atoms with Gasteiger partial charge in [0.15, 0.2) is 0 Å². The molecule has 4 nitrogen and oxygen atoms in total. The van der Waals surface area contributed by atoms with E-state index in [-0.39, 0.29) is 12.4 Å². The number of nitrogens with two attached hydrogens (primary N) is 1. The molecule has 0 atom stereocenters. The van der Waals surface area contributed by atoms with Crippen LogP contribution in [0.25, 0.3) is 0 Å². The average molecular weight is 466 g/mol. The summed E-state index contributed by atoms with van der Waals surface area (Å²) in [6.45, 7) is 7.01.